The van der Waals surface area contributed by atoms with Gasteiger partial charge in [-0.25, -0.2) is 0 Å². The van der Waals surface area contributed by atoms with Crippen molar-refractivity contribution in [3.8, 4) is 0 Å². The summed E-state index contributed by atoms with van der Waals surface area (Å²) in [5, 5.41) is 3.04. The van der Waals surface area contributed by atoms with E-state index in [2.05, 4.69) is 5.32 Å². The van der Waals surface area contributed by atoms with E-state index in [-0.39, 0.29) is 44.6 Å². The van der Waals surface area contributed by atoms with Crippen molar-refractivity contribution in [1.29, 1.82) is 0 Å². The molecule has 2 aliphatic heterocycles. The van der Waals surface area contributed by atoms with Gasteiger partial charge in [-0.15, -0.1) is 0 Å². The number of carbonyl (C=O) groups excluding carboxylic acids is 4. The van der Waals surface area contributed by atoms with E-state index in [1.165, 1.54) is 0 Å². The van der Waals surface area contributed by atoms with Gasteiger partial charge in [-0.3, -0.25) is 19.2 Å². The third-order valence-corrected chi connectivity index (χ3v) is 6.74. The normalized spacial score (nSPS) is 18.7. The highest BCUT2D eigenvalue weighted by atomic mass is 32.2. The first-order chi connectivity index (χ1) is 14.6. The molecule has 2 heterocycles. The lowest BCUT2D eigenvalue weighted by molar-refractivity contribution is 0.0970. The van der Waals surface area contributed by atoms with E-state index in [9.17, 15) is 19.2 Å². The van der Waals surface area contributed by atoms with E-state index < -0.39 is 5.78 Å². The number of hydrogen-bond donors (Lipinski definition) is 1. The summed E-state index contributed by atoms with van der Waals surface area (Å²) in [6.45, 7) is 0. The average molecular weight is 409 g/mol. The number of carbonyl (C=O) groups is 4. The minimum atomic E-state index is -0.406. The summed E-state index contributed by atoms with van der Waals surface area (Å²) in [7, 11) is 0. The van der Waals surface area contributed by atoms with Crippen molar-refractivity contribution in [2.45, 2.75) is 4.90 Å². The number of anilines is 1. The van der Waals surface area contributed by atoms with Crippen LogP contribution in [0.3, 0.4) is 0 Å². The van der Waals surface area contributed by atoms with Gasteiger partial charge in [-0.1, -0.05) is 48.2 Å². The van der Waals surface area contributed by atoms with E-state index in [4.69, 9.17) is 0 Å². The molecule has 5 nitrogen and oxygen atoms in total. The largest absolute Gasteiger partial charge is 0.351 e. The van der Waals surface area contributed by atoms with Crippen LogP contribution < -0.4 is 5.32 Å². The Bertz CT molecular complexity index is 1420. The Morgan fingerprint density at radius 2 is 1.23 bits per heavy atom. The molecule has 0 saturated heterocycles. The molecule has 3 aromatic carbocycles. The number of hydrogen-bond acceptors (Lipinski definition) is 6. The number of fused-ring (bicyclic) bond motifs is 5. The highest BCUT2D eigenvalue weighted by molar-refractivity contribution is 8.04. The molecule has 30 heavy (non-hydrogen) atoms. The minimum Gasteiger partial charge on any atom is -0.351 e. The van der Waals surface area contributed by atoms with Crippen molar-refractivity contribution in [2.24, 2.45) is 0 Å². The Hall–Kier alpha value is -3.77. The highest BCUT2D eigenvalue weighted by Gasteiger charge is 2.41. The summed E-state index contributed by atoms with van der Waals surface area (Å²) < 4.78 is 0. The van der Waals surface area contributed by atoms with Crippen molar-refractivity contribution in [3.05, 3.63) is 105 Å². The molecular formula is C24H11NO4S. The summed E-state index contributed by atoms with van der Waals surface area (Å²) in [4.78, 5) is 53.2. The highest BCUT2D eigenvalue weighted by Crippen LogP contribution is 2.47. The molecule has 6 rings (SSSR count). The van der Waals surface area contributed by atoms with Gasteiger partial charge in [0.2, 0.25) is 11.6 Å². The van der Waals surface area contributed by atoms with Gasteiger partial charge in [0.15, 0.2) is 11.6 Å². The molecule has 0 radical (unpaired) electrons. The smallest absolute Gasteiger partial charge is 0.212 e. The zero-order valence-electron chi connectivity index (χ0n) is 15.3. The minimum absolute atomic E-state index is 0.132. The Balaban J connectivity index is 1.53. The third-order valence-electron chi connectivity index (χ3n) is 5.59. The lowest BCUT2D eigenvalue weighted by Crippen LogP contribution is -2.23. The molecule has 0 aromatic heterocycles. The summed E-state index contributed by atoms with van der Waals surface area (Å²) in [6.07, 6.45) is 0. The molecule has 0 atom stereocenters. The Kier molecular flexibility index (Phi) is 3.35. The quantitative estimate of drug-likeness (QED) is 0.437. The van der Waals surface area contributed by atoms with Gasteiger partial charge in [0, 0.05) is 44.0 Å². The molecule has 1 aliphatic carbocycles. The fourth-order valence-electron chi connectivity index (χ4n) is 4.19. The number of benzene rings is 3. The van der Waals surface area contributed by atoms with Crippen LogP contribution in [0, 0.1) is 0 Å². The van der Waals surface area contributed by atoms with E-state index in [1.807, 2.05) is 6.07 Å². The van der Waals surface area contributed by atoms with Crippen LogP contribution in [0.5, 0.6) is 0 Å². The fourth-order valence-corrected chi connectivity index (χ4v) is 5.28. The summed E-state index contributed by atoms with van der Waals surface area (Å²) in [5.74, 6) is -1.28. The van der Waals surface area contributed by atoms with Crippen molar-refractivity contribution < 1.29 is 19.2 Å². The van der Waals surface area contributed by atoms with Gasteiger partial charge in [0.25, 0.3) is 0 Å². The van der Waals surface area contributed by atoms with E-state index in [0.29, 0.717) is 27.3 Å². The van der Waals surface area contributed by atoms with Crippen LogP contribution in [0.25, 0.3) is 0 Å². The fraction of sp³-hybridized carbons (Fsp3) is 0. The Labute approximate surface area is 174 Å². The van der Waals surface area contributed by atoms with E-state index >= 15 is 0 Å². The molecule has 142 valence electrons. The van der Waals surface area contributed by atoms with Gasteiger partial charge >= 0.3 is 0 Å². The number of ketones is 4. The summed E-state index contributed by atoms with van der Waals surface area (Å²) in [5.41, 5.74) is 2.58. The van der Waals surface area contributed by atoms with Crippen LogP contribution >= 0.6 is 11.8 Å². The van der Waals surface area contributed by atoms with Gasteiger partial charge in [-0.2, -0.15) is 0 Å². The van der Waals surface area contributed by atoms with Crippen LogP contribution in [0.15, 0.2) is 76.2 Å². The van der Waals surface area contributed by atoms with Crippen molar-refractivity contribution >= 4 is 40.6 Å². The van der Waals surface area contributed by atoms with E-state index in [1.54, 1.807) is 54.6 Å². The molecule has 6 heteroatoms. The lowest BCUT2D eigenvalue weighted by atomic mass is 9.81. The average Bonchev–Trinajstić information content (AvgIpc) is 3.28. The SMILES string of the molecule is O=C1/C(=C2/Sc3ccc4c(c3C2=O)C(=O)c2ccccc2C4=O)Nc2ccccc21. The number of Topliss-reactive ketones (excluding diaryl/α,β-unsaturated/α-hetero) is 2. The molecule has 0 saturated carbocycles. The van der Waals surface area contributed by atoms with Crippen LogP contribution in [0.4, 0.5) is 5.69 Å². The van der Waals surface area contributed by atoms with Gasteiger partial charge in [0.05, 0.1) is 4.91 Å². The van der Waals surface area contributed by atoms with Crippen LogP contribution in [-0.2, 0) is 0 Å². The zero-order chi connectivity index (χ0) is 20.6. The molecule has 0 amide bonds. The summed E-state index contributed by atoms with van der Waals surface area (Å²) in [6, 6.07) is 17.0. The monoisotopic (exact) mass is 409 g/mol. The first kappa shape index (κ1) is 17.1. The maximum atomic E-state index is 13.4. The number of allylic oxidation sites excluding steroid dienone is 2. The molecule has 3 aromatic rings. The first-order valence-corrected chi connectivity index (χ1v) is 10.1. The molecular weight excluding hydrogens is 398 g/mol. The van der Waals surface area contributed by atoms with Gasteiger partial charge in [0.1, 0.15) is 5.70 Å². The van der Waals surface area contributed by atoms with E-state index in [0.717, 1.165) is 11.8 Å². The van der Waals surface area contributed by atoms with Gasteiger partial charge in [-0.05, 0) is 24.3 Å². The number of thioether (sulfide) groups is 1. The van der Waals surface area contributed by atoms with Crippen molar-refractivity contribution in [2.75, 3.05) is 5.32 Å². The molecule has 3 aliphatic rings. The first-order valence-electron chi connectivity index (χ1n) is 9.29. The molecule has 0 fully saturated rings. The molecule has 1 N–H and O–H groups in total. The lowest BCUT2D eigenvalue weighted by Gasteiger charge is -2.19. The van der Waals surface area contributed by atoms with Crippen LogP contribution in [0.1, 0.15) is 52.6 Å². The maximum Gasteiger partial charge on any atom is 0.212 e. The Morgan fingerprint density at radius 1 is 0.567 bits per heavy atom. The predicted octanol–water partition coefficient (Wildman–Crippen LogP) is 4.27. The second kappa shape index (κ2) is 5.87. The second-order valence-electron chi connectivity index (χ2n) is 7.20. The topological polar surface area (TPSA) is 80.3 Å². The molecule has 0 spiro atoms. The number of para-hydroxylation sites is 1. The van der Waals surface area contributed by atoms with Crippen molar-refractivity contribution in [1.82, 2.24) is 0 Å². The number of rotatable bonds is 0. The van der Waals surface area contributed by atoms with Crippen LogP contribution in [0.2, 0.25) is 0 Å². The predicted molar refractivity (Wildman–Crippen MR) is 111 cm³/mol. The van der Waals surface area contributed by atoms with Gasteiger partial charge < -0.3 is 5.32 Å². The maximum absolute atomic E-state index is 13.4. The van der Waals surface area contributed by atoms with Crippen molar-refractivity contribution in [3.63, 3.8) is 0 Å². The molecule has 0 unspecified atom stereocenters. The van der Waals surface area contributed by atoms with Crippen LogP contribution in [-0.4, -0.2) is 23.1 Å². The Morgan fingerprint density at radius 3 is 1.97 bits per heavy atom. The standard InChI is InChI=1S/C24H11NO4S/c26-20-11-5-1-2-6-12(11)21(27)17-14(20)9-10-16-18(17)23(29)24(30-16)19-22(28)13-7-3-4-8-15(13)25-19/h1-10,25H/b24-19-. The number of nitrogens with one attached hydrogen (secondary N) is 1. The molecule has 0 bridgehead atoms. The second-order valence-corrected chi connectivity index (χ2v) is 8.25. The third kappa shape index (κ3) is 2.08. The summed E-state index contributed by atoms with van der Waals surface area (Å²) >= 11 is 1.16. The zero-order valence-corrected chi connectivity index (χ0v) is 16.1.